The summed E-state index contributed by atoms with van der Waals surface area (Å²) >= 11 is 0. The lowest BCUT2D eigenvalue weighted by Gasteiger charge is -2.11. The summed E-state index contributed by atoms with van der Waals surface area (Å²) in [6.45, 7) is 2.03. The van der Waals surface area contributed by atoms with E-state index in [2.05, 4.69) is 42.5 Å². The summed E-state index contributed by atoms with van der Waals surface area (Å²) in [4.78, 5) is 13.4. The third-order valence-electron chi connectivity index (χ3n) is 5.46. The molecule has 0 heterocycles. The van der Waals surface area contributed by atoms with Crippen molar-refractivity contribution in [1.82, 2.24) is 0 Å². The summed E-state index contributed by atoms with van der Waals surface area (Å²) in [7, 11) is 0. The molecule has 0 N–H and O–H groups in total. The Balaban J connectivity index is 1.74. The molecule has 1 aliphatic rings. The average molecular weight is 322 g/mol. The first-order valence-electron chi connectivity index (χ1n) is 8.80. The van der Waals surface area contributed by atoms with Crippen molar-refractivity contribution in [2.45, 2.75) is 19.8 Å². The van der Waals surface area contributed by atoms with Gasteiger partial charge in [-0.25, -0.2) is 0 Å². The molecule has 0 saturated heterocycles. The van der Waals surface area contributed by atoms with Gasteiger partial charge >= 0.3 is 0 Å². The number of hydrogen-bond donors (Lipinski definition) is 0. The molecule has 0 aromatic heterocycles. The molecule has 1 aliphatic carbocycles. The Hall–Kier alpha value is -2.93. The van der Waals surface area contributed by atoms with Crippen LogP contribution in [0, 0.1) is 6.92 Å². The van der Waals surface area contributed by atoms with Gasteiger partial charge in [-0.1, -0.05) is 60.7 Å². The van der Waals surface area contributed by atoms with Crippen LogP contribution in [0.1, 0.15) is 32.6 Å². The molecular formula is C24H18O. The highest BCUT2D eigenvalue weighted by atomic mass is 16.1. The Bertz CT molecular complexity index is 1160. The molecule has 0 spiro atoms. The first-order valence-corrected chi connectivity index (χ1v) is 8.80. The van der Waals surface area contributed by atoms with Gasteiger partial charge < -0.3 is 0 Å². The maximum Gasteiger partial charge on any atom is 0.193 e. The van der Waals surface area contributed by atoms with Gasteiger partial charge in [-0.15, -0.1) is 0 Å². The second-order valence-corrected chi connectivity index (χ2v) is 6.96. The minimum absolute atomic E-state index is 0.124. The fourth-order valence-electron chi connectivity index (χ4n) is 4.19. The van der Waals surface area contributed by atoms with E-state index in [4.69, 9.17) is 0 Å². The normalized spacial score (nSPS) is 12.8. The second kappa shape index (κ2) is 5.29. The first-order chi connectivity index (χ1) is 12.2. The number of fused-ring (bicyclic) bond motifs is 1. The van der Waals surface area contributed by atoms with Crippen molar-refractivity contribution in [2.24, 2.45) is 0 Å². The lowest BCUT2D eigenvalue weighted by molar-refractivity contribution is 0.104. The summed E-state index contributed by atoms with van der Waals surface area (Å²) in [5.74, 6) is 0.124. The molecule has 0 fully saturated rings. The van der Waals surface area contributed by atoms with Crippen LogP contribution >= 0.6 is 0 Å². The van der Waals surface area contributed by atoms with Gasteiger partial charge in [0.15, 0.2) is 5.78 Å². The standard InChI is InChI=1S/C24H18O/c1-15-13-18-5-2-3-6-19(18)14-22(15)24(25)21-12-11-17-10-9-16-7-4-8-20(21)23(16)17/h2-8,11-14H,9-10H2,1H3. The van der Waals surface area contributed by atoms with Crippen molar-refractivity contribution < 1.29 is 4.79 Å². The van der Waals surface area contributed by atoms with E-state index in [1.165, 1.54) is 21.9 Å². The van der Waals surface area contributed by atoms with Gasteiger partial charge in [0.25, 0.3) is 0 Å². The smallest absolute Gasteiger partial charge is 0.193 e. The van der Waals surface area contributed by atoms with Crippen LogP contribution in [0.25, 0.3) is 21.5 Å². The van der Waals surface area contributed by atoms with Crippen LogP contribution in [0.5, 0.6) is 0 Å². The van der Waals surface area contributed by atoms with Crippen LogP contribution in [0.2, 0.25) is 0 Å². The molecule has 4 aromatic rings. The third kappa shape index (κ3) is 2.12. The highest BCUT2D eigenvalue weighted by Crippen LogP contribution is 2.34. The number of ketones is 1. The third-order valence-corrected chi connectivity index (χ3v) is 5.46. The molecule has 4 aromatic carbocycles. The predicted octanol–water partition coefficient (Wildman–Crippen LogP) is 5.63. The molecule has 1 heteroatoms. The van der Waals surface area contributed by atoms with Crippen LogP contribution in [-0.4, -0.2) is 5.78 Å². The minimum Gasteiger partial charge on any atom is -0.289 e. The summed E-state index contributed by atoms with van der Waals surface area (Å²) in [6.07, 6.45) is 2.17. The Morgan fingerprint density at radius 2 is 1.48 bits per heavy atom. The molecule has 0 saturated carbocycles. The van der Waals surface area contributed by atoms with Crippen LogP contribution < -0.4 is 0 Å². The molecule has 0 atom stereocenters. The number of carbonyl (C=O) groups is 1. The predicted molar refractivity (Wildman–Crippen MR) is 103 cm³/mol. The van der Waals surface area contributed by atoms with Gasteiger partial charge in [-0.3, -0.25) is 4.79 Å². The quantitative estimate of drug-likeness (QED) is 0.437. The Morgan fingerprint density at radius 1 is 0.760 bits per heavy atom. The Kier molecular flexibility index (Phi) is 3.05. The van der Waals surface area contributed by atoms with Crippen molar-refractivity contribution >= 4 is 27.3 Å². The molecular weight excluding hydrogens is 304 g/mol. The Labute approximate surface area is 146 Å². The van der Waals surface area contributed by atoms with E-state index < -0.39 is 0 Å². The second-order valence-electron chi connectivity index (χ2n) is 6.96. The molecule has 120 valence electrons. The zero-order chi connectivity index (χ0) is 17.0. The van der Waals surface area contributed by atoms with E-state index in [9.17, 15) is 4.79 Å². The van der Waals surface area contributed by atoms with E-state index in [1.54, 1.807) is 0 Å². The maximum absolute atomic E-state index is 13.4. The number of benzene rings is 4. The highest BCUT2D eigenvalue weighted by Gasteiger charge is 2.20. The highest BCUT2D eigenvalue weighted by molar-refractivity contribution is 6.19. The fourth-order valence-corrected chi connectivity index (χ4v) is 4.19. The SMILES string of the molecule is Cc1cc2ccccc2cc1C(=O)c1ccc2c3c(cccc13)CC2. The first kappa shape index (κ1) is 14.4. The number of rotatable bonds is 2. The lowest BCUT2D eigenvalue weighted by Crippen LogP contribution is -2.05. The van der Waals surface area contributed by atoms with Gasteiger partial charge in [-0.05, 0) is 64.1 Å². The van der Waals surface area contributed by atoms with E-state index in [-0.39, 0.29) is 5.78 Å². The van der Waals surface area contributed by atoms with Crippen LogP contribution in [-0.2, 0) is 12.8 Å². The van der Waals surface area contributed by atoms with Gasteiger partial charge in [0.2, 0.25) is 0 Å². The number of carbonyl (C=O) groups excluding carboxylic acids is 1. The van der Waals surface area contributed by atoms with Crippen LogP contribution in [0.3, 0.4) is 0 Å². The average Bonchev–Trinajstić information content (AvgIpc) is 3.06. The van der Waals surface area contributed by atoms with Gasteiger partial charge in [0.1, 0.15) is 0 Å². The summed E-state index contributed by atoms with van der Waals surface area (Å²) in [5, 5.41) is 4.69. The number of hydrogen-bond acceptors (Lipinski definition) is 1. The molecule has 25 heavy (non-hydrogen) atoms. The van der Waals surface area contributed by atoms with Crippen molar-refractivity contribution in [3.63, 3.8) is 0 Å². The molecule has 0 amide bonds. The van der Waals surface area contributed by atoms with Crippen molar-refractivity contribution in [3.05, 3.63) is 94.5 Å². The minimum atomic E-state index is 0.124. The summed E-state index contributed by atoms with van der Waals surface area (Å²) < 4.78 is 0. The topological polar surface area (TPSA) is 17.1 Å². The van der Waals surface area contributed by atoms with E-state index >= 15 is 0 Å². The molecule has 0 bridgehead atoms. The molecule has 1 nitrogen and oxygen atoms in total. The number of aryl methyl sites for hydroxylation is 3. The fraction of sp³-hybridized carbons (Fsp3) is 0.125. The largest absolute Gasteiger partial charge is 0.289 e. The molecule has 0 unspecified atom stereocenters. The zero-order valence-corrected chi connectivity index (χ0v) is 14.2. The molecule has 0 aliphatic heterocycles. The van der Waals surface area contributed by atoms with Crippen molar-refractivity contribution in [3.8, 4) is 0 Å². The maximum atomic E-state index is 13.4. The van der Waals surface area contributed by atoms with Gasteiger partial charge in [0, 0.05) is 11.1 Å². The summed E-state index contributed by atoms with van der Waals surface area (Å²) in [6, 6.07) is 22.9. The van der Waals surface area contributed by atoms with Gasteiger partial charge in [-0.2, -0.15) is 0 Å². The van der Waals surface area contributed by atoms with E-state index in [0.717, 1.165) is 40.3 Å². The monoisotopic (exact) mass is 322 g/mol. The molecule has 5 rings (SSSR count). The molecule has 0 radical (unpaired) electrons. The van der Waals surface area contributed by atoms with E-state index in [1.807, 2.05) is 31.2 Å². The lowest BCUT2D eigenvalue weighted by atomic mass is 9.91. The van der Waals surface area contributed by atoms with Crippen LogP contribution in [0.4, 0.5) is 0 Å². The van der Waals surface area contributed by atoms with Gasteiger partial charge in [0.05, 0.1) is 0 Å². The van der Waals surface area contributed by atoms with Crippen molar-refractivity contribution in [1.29, 1.82) is 0 Å². The summed E-state index contributed by atoms with van der Waals surface area (Å²) in [5.41, 5.74) is 5.40. The Morgan fingerprint density at radius 3 is 2.28 bits per heavy atom. The van der Waals surface area contributed by atoms with E-state index in [0.29, 0.717) is 0 Å². The zero-order valence-electron chi connectivity index (χ0n) is 14.2. The van der Waals surface area contributed by atoms with Crippen LogP contribution in [0.15, 0.2) is 66.7 Å². The van der Waals surface area contributed by atoms with Crippen molar-refractivity contribution in [2.75, 3.05) is 0 Å².